The molecule has 2 aromatic rings. The molecule has 2 amide bonds. The van der Waals surface area contributed by atoms with Gasteiger partial charge in [0.15, 0.2) is 11.5 Å². The van der Waals surface area contributed by atoms with Gasteiger partial charge in [0.05, 0.1) is 16.1 Å². The number of likely N-dealkylation sites (N-methyl/N-ethyl adjacent to an activating group) is 1. The van der Waals surface area contributed by atoms with Gasteiger partial charge in [-0.2, -0.15) is 0 Å². The van der Waals surface area contributed by atoms with Crippen molar-refractivity contribution in [1.82, 2.24) is 4.31 Å². The van der Waals surface area contributed by atoms with Crippen molar-refractivity contribution in [2.45, 2.75) is 4.90 Å². The van der Waals surface area contributed by atoms with Gasteiger partial charge in [0.2, 0.25) is 0 Å². The van der Waals surface area contributed by atoms with Gasteiger partial charge in [-0.3, -0.25) is 13.9 Å². The molecular formula is C17H15N3O5S. The number of sulfonamides is 1. The van der Waals surface area contributed by atoms with Crippen LogP contribution in [0.15, 0.2) is 59.1 Å². The second-order valence-corrected chi connectivity index (χ2v) is 7.47. The van der Waals surface area contributed by atoms with E-state index in [-0.39, 0.29) is 21.7 Å². The predicted molar refractivity (Wildman–Crippen MR) is 94.5 cm³/mol. The molecule has 3 rings (SSSR count). The van der Waals surface area contributed by atoms with Gasteiger partial charge in [0.25, 0.3) is 21.8 Å². The number of aliphatic hydroxyl groups excluding tert-OH is 1. The lowest BCUT2D eigenvalue weighted by Gasteiger charge is -2.28. The molecule has 0 aromatic heterocycles. The van der Waals surface area contributed by atoms with E-state index >= 15 is 0 Å². The zero-order chi connectivity index (χ0) is 19.1. The molecule has 4 N–H and O–H groups in total. The zero-order valence-electron chi connectivity index (χ0n) is 13.6. The van der Waals surface area contributed by atoms with Crippen molar-refractivity contribution in [2.75, 3.05) is 12.4 Å². The van der Waals surface area contributed by atoms with Crippen LogP contribution in [0.1, 0.15) is 15.9 Å². The Morgan fingerprint density at radius 2 is 1.69 bits per heavy atom. The second-order valence-electron chi connectivity index (χ2n) is 5.53. The predicted octanol–water partition coefficient (Wildman–Crippen LogP) is 1.28. The summed E-state index contributed by atoms with van der Waals surface area (Å²) in [7, 11) is -2.84. The minimum absolute atomic E-state index is 0.0268. The van der Waals surface area contributed by atoms with Crippen LogP contribution >= 0.6 is 0 Å². The number of nitrogens with zero attached hydrogens (tertiary/aromatic N) is 1. The zero-order valence-corrected chi connectivity index (χ0v) is 14.4. The van der Waals surface area contributed by atoms with Gasteiger partial charge in [0, 0.05) is 12.6 Å². The third-order valence-electron chi connectivity index (χ3n) is 3.98. The summed E-state index contributed by atoms with van der Waals surface area (Å²) in [6.07, 6.45) is 0. The first-order chi connectivity index (χ1) is 12.2. The normalized spacial score (nSPS) is 15.3. The summed E-state index contributed by atoms with van der Waals surface area (Å²) in [6, 6.07) is 11.8. The summed E-state index contributed by atoms with van der Waals surface area (Å²) in [6.45, 7) is 0. The largest absolute Gasteiger partial charge is 0.505 e. The van der Waals surface area contributed by atoms with Crippen LogP contribution in [0, 0.1) is 0 Å². The Morgan fingerprint density at radius 3 is 2.38 bits per heavy atom. The van der Waals surface area contributed by atoms with Crippen LogP contribution in [0.25, 0.3) is 5.76 Å². The lowest BCUT2D eigenvalue weighted by Crippen LogP contribution is -2.37. The van der Waals surface area contributed by atoms with Crippen LogP contribution in [0.2, 0.25) is 0 Å². The molecule has 0 unspecified atom stereocenters. The molecule has 0 atom stereocenters. The molecular weight excluding hydrogens is 358 g/mol. The first-order valence-electron chi connectivity index (χ1n) is 7.47. The minimum Gasteiger partial charge on any atom is -0.505 e. The summed E-state index contributed by atoms with van der Waals surface area (Å²) in [4.78, 5) is 24.0. The van der Waals surface area contributed by atoms with Gasteiger partial charge in [-0.05, 0) is 24.3 Å². The van der Waals surface area contributed by atoms with Crippen LogP contribution in [0.5, 0.6) is 0 Å². The summed E-state index contributed by atoms with van der Waals surface area (Å²) in [5, 5.41) is 12.9. The summed E-state index contributed by atoms with van der Waals surface area (Å²) in [5.41, 5.74) is 5.01. The molecule has 0 bridgehead atoms. The number of rotatable bonds is 3. The molecule has 26 heavy (non-hydrogen) atoms. The average Bonchev–Trinajstić information content (AvgIpc) is 2.61. The van der Waals surface area contributed by atoms with Crippen LogP contribution < -0.4 is 11.1 Å². The highest BCUT2D eigenvalue weighted by Crippen LogP contribution is 2.34. The van der Waals surface area contributed by atoms with Crippen molar-refractivity contribution in [3.8, 4) is 0 Å². The van der Waals surface area contributed by atoms with Crippen LogP contribution in [0.4, 0.5) is 5.69 Å². The van der Waals surface area contributed by atoms with E-state index in [0.29, 0.717) is 4.31 Å². The van der Waals surface area contributed by atoms with Crippen molar-refractivity contribution in [2.24, 2.45) is 5.73 Å². The molecule has 0 saturated carbocycles. The Morgan fingerprint density at radius 1 is 1.08 bits per heavy atom. The van der Waals surface area contributed by atoms with Gasteiger partial charge in [-0.15, -0.1) is 0 Å². The van der Waals surface area contributed by atoms with Crippen LogP contribution in [0.3, 0.4) is 0 Å². The summed E-state index contributed by atoms with van der Waals surface area (Å²) < 4.78 is 25.9. The number of benzene rings is 2. The lowest BCUT2D eigenvalue weighted by molar-refractivity contribution is -0.113. The molecule has 0 fully saturated rings. The van der Waals surface area contributed by atoms with E-state index in [1.807, 2.05) is 0 Å². The maximum atomic E-state index is 12.7. The highest BCUT2D eigenvalue weighted by atomic mass is 32.2. The number of hydrogen-bond donors (Lipinski definition) is 3. The van der Waals surface area contributed by atoms with Gasteiger partial charge in [0.1, 0.15) is 0 Å². The molecule has 1 aliphatic heterocycles. The monoisotopic (exact) mass is 373 g/mol. The fourth-order valence-electron chi connectivity index (χ4n) is 2.67. The fourth-order valence-corrected chi connectivity index (χ4v) is 4.07. The van der Waals surface area contributed by atoms with Crippen molar-refractivity contribution in [3.05, 3.63) is 65.4 Å². The van der Waals surface area contributed by atoms with Crippen LogP contribution in [-0.4, -0.2) is 36.7 Å². The molecule has 0 spiro atoms. The molecule has 2 aromatic carbocycles. The van der Waals surface area contributed by atoms with E-state index in [1.165, 1.54) is 30.3 Å². The Labute approximate surface area is 149 Å². The Kier molecular flexibility index (Phi) is 4.17. The third kappa shape index (κ3) is 2.68. The second kappa shape index (κ2) is 6.19. The number of primary amides is 1. The van der Waals surface area contributed by atoms with Gasteiger partial charge >= 0.3 is 0 Å². The molecule has 1 aliphatic rings. The van der Waals surface area contributed by atoms with Gasteiger partial charge in [-0.1, -0.05) is 24.3 Å². The quantitative estimate of drug-likeness (QED) is 0.746. The lowest BCUT2D eigenvalue weighted by atomic mass is 10.1. The maximum absolute atomic E-state index is 12.7. The molecule has 0 saturated heterocycles. The van der Waals surface area contributed by atoms with E-state index in [2.05, 4.69) is 5.32 Å². The topological polar surface area (TPSA) is 130 Å². The maximum Gasteiger partial charge on any atom is 0.276 e. The molecule has 0 radical (unpaired) electrons. The van der Waals surface area contributed by atoms with E-state index < -0.39 is 33.3 Å². The highest BCUT2D eigenvalue weighted by molar-refractivity contribution is 7.89. The number of fused-ring (bicyclic) bond motifs is 1. The number of para-hydroxylation sites is 1. The highest BCUT2D eigenvalue weighted by Gasteiger charge is 2.37. The van der Waals surface area contributed by atoms with E-state index in [1.54, 1.807) is 18.2 Å². The first kappa shape index (κ1) is 17.5. The molecule has 134 valence electrons. The van der Waals surface area contributed by atoms with Crippen molar-refractivity contribution in [3.63, 3.8) is 0 Å². The Balaban J connectivity index is 2.09. The number of nitrogens with two attached hydrogens (primary N) is 1. The number of anilines is 1. The Hall–Kier alpha value is -3.33. The minimum atomic E-state index is -4.00. The number of amides is 2. The Bertz CT molecular complexity index is 1060. The standard InChI is InChI=1S/C17H15N3O5S/c1-20-14(15(21)11-7-3-5-9-13(11)26(20,24)25)17(23)19-12-8-4-2-6-10(12)16(18)22/h2-9,21H,1H3,(H2,18,22)(H,19,23). The van der Waals surface area contributed by atoms with E-state index in [0.717, 1.165) is 7.05 Å². The van der Waals surface area contributed by atoms with Gasteiger partial charge < -0.3 is 16.2 Å². The number of aliphatic hydroxyl groups is 1. The van der Waals surface area contributed by atoms with E-state index in [9.17, 15) is 23.1 Å². The fraction of sp³-hybridized carbons (Fsp3) is 0.0588. The average molecular weight is 373 g/mol. The molecule has 8 nitrogen and oxygen atoms in total. The third-order valence-corrected chi connectivity index (χ3v) is 5.79. The number of nitrogens with one attached hydrogen (secondary N) is 1. The van der Waals surface area contributed by atoms with Crippen LogP contribution in [-0.2, 0) is 14.8 Å². The smallest absolute Gasteiger partial charge is 0.276 e. The summed E-state index contributed by atoms with van der Waals surface area (Å²) in [5.74, 6) is -2.13. The first-order valence-corrected chi connectivity index (χ1v) is 8.91. The summed E-state index contributed by atoms with van der Waals surface area (Å²) >= 11 is 0. The van der Waals surface area contributed by atoms with Crippen molar-refractivity contribution >= 4 is 33.3 Å². The molecule has 9 heteroatoms. The van der Waals surface area contributed by atoms with E-state index in [4.69, 9.17) is 5.73 Å². The van der Waals surface area contributed by atoms with Crippen molar-refractivity contribution < 1.29 is 23.1 Å². The SMILES string of the molecule is CN1C(C(=O)Nc2ccccc2C(N)=O)=C(O)c2ccccc2S1(=O)=O. The molecule has 1 heterocycles. The number of hydrogen-bond acceptors (Lipinski definition) is 5. The number of carbonyl (C=O) groups is 2. The number of carbonyl (C=O) groups excluding carboxylic acids is 2. The molecule has 0 aliphatic carbocycles. The van der Waals surface area contributed by atoms with Gasteiger partial charge in [-0.25, -0.2) is 8.42 Å². The van der Waals surface area contributed by atoms with Crippen molar-refractivity contribution in [1.29, 1.82) is 0 Å².